The summed E-state index contributed by atoms with van der Waals surface area (Å²) >= 11 is 0. The van der Waals surface area contributed by atoms with E-state index in [0.29, 0.717) is 11.8 Å². The smallest absolute Gasteiger partial charge is 0.239 e. The third kappa shape index (κ3) is 3.65. The summed E-state index contributed by atoms with van der Waals surface area (Å²) in [6.45, 7) is 3.74. The number of hydrogen-bond acceptors (Lipinski definition) is 8. The van der Waals surface area contributed by atoms with Crippen molar-refractivity contribution in [2.24, 2.45) is 5.84 Å². The molecule has 0 aliphatic carbocycles. The zero-order valence-corrected chi connectivity index (χ0v) is 13.9. The summed E-state index contributed by atoms with van der Waals surface area (Å²) in [7, 11) is 1.60. The lowest BCUT2D eigenvalue weighted by Crippen LogP contribution is -2.39. The van der Waals surface area contributed by atoms with Crippen LogP contribution in [0.4, 0.5) is 11.8 Å². The molecule has 3 N–H and O–H groups in total. The number of aryl methyl sites for hydroxylation is 1. The van der Waals surface area contributed by atoms with Crippen LogP contribution in [0.5, 0.6) is 11.6 Å². The van der Waals surface area contributed by atoms with Gasteiger partial charge in [0, 0.05) is 43.8 Å². The molecule has 8 heteroatoms. The monoisotopic (exact) mass is 330 g/mol. The number of pyridine rings is 1. The second-order valence-electron chi connectivity index (χ2n) is 5.69. The van der Waals surface area contributed by atoms with Crippen LogP contribution in [0.1, 0.15) is 18.4 Å². The Labute approximate surface area is 141 Å². The molecule has 1 aliphatic heterocycles. The van der Waals surface area contributed by atoms with Gasteiger partial charge in [0.25, 0.3) is 0 Å². The van der Waals surface area contributed by atoms with Gasteiger partial charge in [-0.05, 0) is 13.0 Å². The van der Waals surface area contributed by atoms with Gasteiger partial charge in [0.05, 0.1) is 13.3 Å². The molecule has 0 saturated carbocycles. The maximum atomic E-state index is 6.00. The van der Waals surface area contributed by atoms with Crippen LogP contribution < -0.4 is 25.6 Å². The molecule has 8 nitrogen and oxygen atoms in total. The quantitative estimate of drug-likeness (QED) is 0.629. The first-order chi connectivity index (χ1) is 11.7. The molecule has 3 heterocycles. The Bertz CT molecular complexity index is 671. The first-order valence-corrected chi connectivity index (χ1v) is 7.91. The second kappa shape index (κ2) is 7.31. The number of rotatable bonds is 5. The summed E-state index contributed by atoms with van der Waals surface area (Å²) in [4.78, 5) is 15.0. The highest BCUT2D eigenvalue weighted by atomic mass is 16.5. The Balaban J connectivity index is 1.59. The van der Waals surface area contributed by atoms with E-state index in [0.717, 1.165) is 43.1 Å². The number of nitrogens with zero attached hydrogens (tertiary/aromatic N) is 4. The van der Waals surface area contributed by atoms with Gasteiger partial charge in [-0.15, -0.1) is 0 Å². The van der Waals surface area contributed by atoms with Gasteiger partial charge in [-0.3, -0.25) is 5.43 Å². The molecule has 0 bridgehead atoms. The van der Waals surface area contributed by atoms with Crippen LogP contribution in [0, 0.1) is 6.92 Å². The van der Waals surface area contributed by atoms with Crippen LogP contribution in [0.15, 0.2) is 24.5 Å². The molecular formula is C16H22N6O2. The standard InChI is InChI=1S/C16H22N6O2/c1-11-9-19-16(21-17)20-15(11)22-7-5-12(6-8-22)24-13-3-4-14(23-2)18-10-13/h3-4,9-10,12H,5-8,17H2,1-2H3,(H,19,20,21). The van der Waals surface area contributed by atoms with Gasteiger partial charge in [-0.2, -0.15) is 4.98 Å². The molecule has 3 rings (SSSR count). The van der Waals surface area contributed by atoms with E-state index in [1.54, 1.807) is 25.6 Å². The van der Waals surface area contributed by atoms with E-state index in [1.165, 1.54) is 0 Å². The van der Waals surface area contributed by atoms with Crippen LogP contribution in [0.2, 0.25) is 0 Å². The minimum atomic E-state index is 0.172. The third-order valence-corrected chi connectivity index (χ3v) is 4.04. The van der Waals surface area contributed by atoms with Gasteiger partial charge in [0.15, 0.2) is 0 Å². The predicted molar refractivity (Wildman–Crippen MR) is 91.2 cm³/mol. The van der Waals surface area contributed by atoms with Crippen LogP contribution in [0.25, 0.3) is 0 Å². The average Bonchev–Trinajstić information content (AvgIpc) is 2.63. The minimum Gasteiger partial charge on any atom is -0.489 e. The van der Waals surface area contributed by atoms with Crippen molar-refractivity contribution in [3.8, 4) is 11.6 Å². The fourth-order valence-electron chi connectivity index (χ4n) is 2.76. The zero-order valence-electron chi connectivity index (χ0n) is 13.9. The van der Waals surface area contributed by atoms with E-state index in [-0.39, 0.29) is 6.10 Å². The van der Waals surface area contributed by atoms with Crippen molar-refractivity contribution in [2.45, 2.75) is 25.9 Å². The number of hydrogen-bond donors (Lipinski definition) is 2. The Kier molecular flexibility index (Phi) is 4.95. The number of nitrogens with one attached hydrogen (secondary N) is 1. The van der Waals surface area contributed by atoms with Crippen LogP contribution in [-0.4, -0.2) is 41.3 Å². The molecule has 0 amide bonds. The van der Waals surface area contributed by atoms with Crippen molar-refractivity contribution in [3.05, 3.63) is 30.1 Å². The van der Waals surface area contributed by atoms with E-state index in [2.05, 4.69) is 25.3 Å². The lowest BCUT2D eigenvalue weighted by molar-refractivity contribution is 0.170. The summed E-state index contributed by atoms with van der Waals surface area (Å²) in [6, 6.07) is 3.68. The van der Waals surface area contributed by atoms with Crippen LogP contribution >= 0.6 is 0 Å². The molecule has 1 saturated heterocycles. The maximum Gasteiger partial charge on any atom is 0.239 e. The first kappa shape index (κ1) is 16.3. The molecule has 0 radical (unpaired) electrons. The number of aromatic nitrogens is 3. The van der Waals surface area contributed by atoms with Crippen LogP contribution in [-0.2, 0) is 0 Å². The topological polar surface area (TPSA) is 98.4 Å². The fourth-order valence-corrected chi connectivity index (χ4v) is 2.76. The molecule has 128 valence electrons. The highest BCUT2D eigenvalue weighted by molar-refractivity contribution is 5.49. The summed E-state index contributed by atoms with van der Waals surface area (Å²) < 4.78 is 11.1. The number of piperidine rings is 1. The maximum absolute atomic E-state index is 6.00. The van der Waals surface area contributed by atoms with Gasteiger partial charge in [-0.25, -0.2) is 15.8 Å². The molecule has 0 atom stereocenters. The zero-order chi connectivity index (χ0) is 16.9. The van der Waals surface area contributed by atoms with Crippen molar-refractivity contribution < 1.29 is 9.47 Å². The number of ether oxygens (including phenoxy) is 2. The lowest BCUT2D eigenvalue weighted by atomic mass is 10.1. The number of methoxy groups -OCH3 is 1. The molecular weight excluding hydrogens is 308 g/mol. The summed E-state index contributed by atoms with van der Waals surface area (Å²) in [5.41, 5.74) is 3.53. The third-order valence-electron chi connectivity index (χ3n) is 4.04. The van der Waals surface area contributed by atoms with Crippen molar-refractivity contribution >= 4 is 11.8 Å². The minimum absolute atomic E-state index is 0.172. The Hall–Kier alpha value is -2.61. The number of anilines is 2. The van der Waals surface area contributed by atoms with Crippen molar-refractivity contribution in [1.82, 2.24) is 15.0 Å². The molecule has 0 spiro atoms. The van der Waals surface area contributed by atoms with Crippen molar-refractivity contribution in [1.29, 1.82) is 0 Å². The second-order valence-corrected chi connectivity index (χ2v) is 5.69. The molecule has 2 aromatic heterocycles. The lowest BCUT2D eigenvalue weighted by Gasteiger charge is -2.33. The fraction of sp³-hybridized carbons (Fsp3) is 0.438. The van der Waals surface area contributed by atoms with E-state index in [9.17, 15) is 0 Å². The summed E-state index contributed by atoms with van der Waals surface area (Å²) in [5.74, 6) is 8.10. The van der Waals surface area contributed by atoms with Crippen LogP contribution in [0.3, 0.4) is 0 Å². The van der Waals surface area contributed by atoms with E-state index in [1.807, 2.05) is 13.0 Å². The normalized spacial score (nSPS) is 15.2. The van der Waals surface area contributed by atoms with Gasteiger partial charge < -0.3 is 14.4 Å². The summed E-state index contributed by atoms with van der Waals surface area (Å²) in [5, 5.41) is 0. The molecule has 1 aliphatic rings. The molecule has 1 fully saturated rings. The van der Waals surface area contributed by atoms with E-state index in [4.69, 9.17) is 15.3 Å². The number of nitrogens with two attached hydrogens (primary N) is 1. The van der Waals surface area contributed by atoms with E-state index >= 15 is 0 Å². The van der Waals surface area contributed by atoms with Gasteiger partial charge >= 0.3 is 0 Å². The van der Waals surface area contributed by atoms with E-state index < -0.39 is 0 Å². The highest BCUT2D eigenvalue weighted by Crippen LogP contribution is 2.25. The molecule has 0 unspecified atom stereocenters. The Morgan fingerprint density at radius 1 is 1.21 bits per heavy atom. The molecule has 2 aromatic rings. The highest BCUT2D eigenvalue weighted by Gasteiger charge is 2.23. The first-order valence-electron chi connectivity index (χ1n) is 7.91. The molecule has 24 heavy (non-hydrogen) atoms. The Morgan fingerprint density at radius 2 is 2.00 bits per heavy atom. The Morgan fingerprint density at radius 3 is 2.62 bits per heavy atom. The molecule has 0 aromatic carbocycles. The van der Waals surface area contributed by atoms with Crippen molar-refractivity contribution in [3.63, 3.8) is 0 Å². The number of nitrogen functional groups attached to an aromatic ring is 1. The van der Waals surface area contributed by atoms with Crippen molar-refractivity contribution in [2.75, 3.05) is 30.5 Å². The average molecular weight is 330 g/mol. The summed E-state index contributed by atoms with van der Waals surface area (Å²) in [6.07, 6.45) is 5.48. The van der Waals surface area contributed by atoms with Gasteiger partial charge in [0.2, 0.25) is 11.8 Å². The largest absolute Gasteiger partial charge is 0.489 e. The SMILES string of the molecule is COc1ccc(OC2CCN(c3nc(NN)ncc3C)CC2)cn1. The van der Waals surface area contributed by atoms with Gasteiger partial charge in [0.1, 0.15) is 17.7 Å². The number of hydrazine groups is 1. The predicted octanol–water partition coefficient (Wildman–Crippen LogP) is 1.52. The van der Waals surface area contributed by atoms with Gasteiger partial charge in [-0.1, -0.05) is 0 Å².